The molecule has 112 valence electrons. The van der Waals surface area contributed by atoms with Crippen molar-refractivity contribution in [1.82, 2.24) is 9.88 Å². The van der Waals surface area contributed by atoms with Crippen molar-refractivity contribution in [3.8, 4) is 0 Å². The van der Waals surface area contributed by atoms with Crippen LogP contribution >= 0.6 is 22.9 Å². The van der Waals surface area contributed by atoms with Crippen LogP contribution in [0.3, 0.4) is 0 Å². The van der Waals surface area contributed by atoms with Gasteiger partial charge < -0.3 is 4.90 Å². The van der Waals surface area contributed by atoms with E-state index in [0.29, 0.717) is 11.8 Å². The molecule has 1 saturated heterocycles. The Balaban J connectivity index is 1.43. The second-order valence-corrected chi connectivity index (χ2v) is 6.88. The highest BCUT2D eigenvalue weighted by Gasteiger charge is 2.23. The molecule has 4 heteroatoms. The number of benzene rings is 1. The van der Waals surface area contributed by atoms with Crippen LogP contribution in [-0.2, 0) is 12.3 Å². The van der Waals surface area contributed by atoms with Crippen LogP contribution in [0.4, 0.5) is 0 Å². The Morgan fingerprint density at radius 2 is 2.14 bits per heavy atom. The number of halogens is 1. The molecule has 0 bridgehead atoms. The molecule has 0 spiro atoms. The van der Waals surface area contributed by atoms with Gasteiger partial charge in [0.1, 0.15) is 0 Å². The van der Waals surface area contributed by atoms with Crippen molar-refractivity contribution < 1.29 is 0 Å². The van der Waals surface area contributed by atoms with Gasteiger partial charge in [0.05, 0.1) is 16.6 Å². The molecule has 2 aromatic rings. The number of rotatable bonds is 6. The first-order valence-corrected chi connectivity index (χ1v) is 9.03. The predicted molar refractivity (Wildman–Crippen MR) is 90.2 cm³/mol. The zero-order valence-corrected chi connectivity index (χ0v) is 13.7. The summed E-state index contributed by atoms with van der Waals surface area (Å²) in [6.45, 7) is 3.61. The average Bonchev–Trinajstić information content (AvgIpc) is 3.17. The third kappa shape index (κ3) is 4.06. The van der Waals surface area contributed by atoms with E-state index in [-0.39, 0.29) is 0 Å². The van der Waals surface area contributed by atoms with Gasteiger partial charge in [-0.2, -0.15) is 0 Å². The molecule has 0 radical (unpaired) electrons. The summed E-state index contributed by atoms with van der Waals surface area (Å²) in [5.74, 6) is 1.25. The highest BCUT2D eigenvalue weighted by molar-refractivity contribution is 7.09. The largest absolute Gasteiger partial charge is 0.303 e. The number of hydrogen-bond acceptors (Lipinski definition) is 3. The first-order valence-electron chi connectivity index (χ1n) is 7.61. The Hall–Kier alpha value is -0.900. The molecule has 2 nitrogen and oxygen atoms in total. The topological polar surface area (TPSA) is 16.1 Å². The van der Waals surface area contributed by atoms with E-state index in [1.165, 1.54) is 43.0 Å². The minimum absolute atomic E-state index is 0.529. The number of hydrogen-bond donors (Lipinski definition) is 0. The molecule has 1 unspecified atom stereocenters. The Kier molecular flexibility index (Phi) is 5.28. The lowest BCUT2D eigenvalue weighted by Crippen LogP contribution is -2.22. The molecule has 1 aromatic heterocycles. The van der Waals surface area contributed by atoms with Crippen molar-refractivity contribution in [2.45, 2.75) is 31.1 Å². The average molecular weight is 321 g/mol. The molecular weight excluding hydrogens is 300 g/mol. The minimum atomic E-state index is 0.529. The van der Waals surface area contributed by atoms with Crippen molar-refractivity contribution in [3.05, 3.63) is 52.0 Å². The van der Waals surface area contributed by atoms with Crippen LogP contribution in [0.5, 0.6) is 0 Å². The van der Waals surface area contributed by atoms with Crippen LogP contribution in [0.25, 0.3) is 0 Å². The van der Waals surface area contributed by atoms with Crippen molar-refractivity contribution in [2.75, 3.05) is 19.6 Å². The molecule has 0 aliphatic carbocycles. The van der Waals surface area contributed by atoms with Crippen molar-refractivity contribution in [2.24, 2.45) is 0 Å². The Morgan fingerprint density at radius 1 is 1.29 bits per heavy atom. The first kappa shape index (κ1) is 15.0. The number of aromatic nitrogens is 1. The lowest BCUT2D eigenvalue weighted by Gasteiger charge is -2.15. The Labute approximate surface area is 135 Å². The molecule has 1 aliphatic rings. The van der Waals surface area contributed by atoms with Gasteiger partial charge in [-0.3, -0.25) is 0 Å². The molecule has 0 N–H and O–H groups in total. The van der Waals surface area contributed by atoms with Gasteiger partial charge >= 0.3 is 0 Å². The van der Waals surface area contributed by atoms with Gasteiger partial charge in [0.15, 0.2) is 0 Å². The number of nitrogens with zero attached hydrogens (tertiary/aromatic N) is 2. The van der Waals surface area contributed by atoms with E-state index in [2.05, 4.69) is 45.6 Å². The van der Waals surface area contributed by atoms with Gasteiger partial charge in [-0.05, 0) is 37.4 Å². The molecule has 0 saturated carbocycles. The van der Waals surface area contributed by atoms with Crippen LogP contribution in [0.2, 0.25) is 0 Å². The van der Waals surface area contributed by atoms with E-state index < -0.39 is 0 Å². The van der Waals surface area contributed by atoms with Gasteiger partial charge in [-0.25, -0.2) is 4.98 Å². The van der Waals surface area contributed by atoms with E-state index >= 15 is 0 Å². The summed E-state index contributed by atoms with van der Waals surface area (Å²) in [7, 11) is 0. The smallest absolute Gasteiger partial charge is 0.0929 e. The molecule has 2 heterocycles. The SMILES string of the molecule is ClCc1csc(CCCN2CCC(c3ccccc3)C2)n1. The Bertz CT molecular complexity index is 555. The maximum Gasteiger partial charge on any atom is 0.0929 e. The zero-order valence-electron chi connectivity index (χ0n) is 12.2. The van der Waals surface area contributed by atoms with Crippen LogP contribution < -0.4 is 0 Å². The fourth-order valence-corrected chi connectivity index (χ4v) is 4.08. The molecular formula is C17H21ClN2S. The summed E-state index contributed by atoms with van der Waals surface area (Å²) < 4.78 is 0. The van der Waals surface area contributed by atoms with E-state index in [1.54, 1.807) is 11.3 Å². The summed E-state index contributed by atoms with van der Waals surface area (Å²) >= 11 is 7.53. The van der Waals surface area contributed by atoms with Crippen molar-refractivity contribution in [3.63, 3.8) is 0 Å². The molecule has 0 amide bonds. The maximum atomic E-state index is 5.79. The van der Waals surface area contributed by atoms with E-state index in [4.69, 9.17) is 11.6 Å². The number of thiazole rings is 1. The zero-order chi connectivity index (χ0) is 14.5. The highest BCUT2D eigenvalue weighted by atomic mass is 35.5. The Morgan fingerprint density at radius 3 is 2.90 bits per heavy atom. The normalized spacial score (nSPS) is 19.2. The van der Waals surface area contributed by atoms with Crippen LogP contribution in [-0.4, -0.2) is 29.5 Å². The van der Waals surface area contributed by atoms with Crippen LogP contribution in [0.15, 0.2) is 35.7 Å². The fourth-order valence-electron chi connectivity index (χ4n) is 3.01. The monoisotopic (exact) mass is 320 g/mol. The summed E-state index contributed by atoms with van der Waals surface area (Å²) in [4.78, 5) is 7.11. The van der Waals surface area contributed by atoms with Gasteiger partial charge in [0.25, 0.3) is 0 Å². The van der Waals surface area contributed by atoms with Crippen molar-refractivity contribution >= 4 is 22.9 Å². The van der Waals surface area contributed by atoms with Crippen molar-refractivity contribution in [1.29, 1.82) is 0 Å². The second kappa shape index (κ2) is 7.39. The predicted octanol–water partition coefficient (Wildman–Crippen LogP) is 4.30. The molecule has 1 aromatic carbocycles. The van der Waals surface area contributed by atoms with Gasteiger partial charge in [0.2, 0.25) is 0 Å². The number of aryl methyl sites for hydroxylation is 1. The highest BCUT2D eigenvalue weighted by Crippen LogP contribution is 2.27. The molecule has 3 rings (SSSR count). The standard InChI is InChI=1S/C17H21ClN2S/c18-11-16-13-21-17(19-16)7-4-9-20-10-8-15(12-20)14-5-2-1-3-6-14/h1-3,5-6,13,15H,4,7-12H2. The third-order valence-corrected chi connectivity index (χ3v) is 5.38. The molecule has 1 aliphatic heterocycles. The van der Waals surface area contributed by atoms with E-state index in [1.807, 2.05) is 0 Å². The quantitative estimate of drug-likeness (QED) is 0.738. The van der Waals surface area contributed by atoms with E-state index in [0.717, 1.165) is 12.1 Å². The third-order valence-electron chi connectivity index (χ3n) is 4.14. The fraction of sp³-hybridized carbons (Fsp3) is 0.471. The summed E-state index contributed by atoms with van der Waals surface area (Å²) in [6, 6.07) is 10.9. The van der Waals surface area contributed by atoms with Gasteiger partial charge in [-0.1, -0.05) is 30.3 Å². The summed E-state index contributed by atoms with van der Waals surface area (Å²) in [5, 5.41) is 3.30. The minimum Gasteiger partial charge on any atom is -0.303 e. The van der Waals surface area contributed by atoms with Gasteiger partial charge in [0, 0.05) is 18.3 Å². The van der Waals surface area contributed by atoms with Crippen LogP contribution in [0.1, 0.15) is 35.0 Å². The second-order valence-electron chi connectivity index (χ2n) is 5.67. The summed E-state index contributed by atoms with van der Waals surface area (Å²) in [5.41, 5.74) is 2.51. The van der Waals surface area contributed by atoms with E-state index in [9.17, 15) is 0 Å². The maximum absolute atomic E-state index is 5.79. The molecule has 1 fully saturated rings. The van der Waals surface area contributed by atoms with Crippen LogP contribution in [0, 0.1) is 0 Å². The lowest BCUT2D eigenvalue weighted by molar-refractivity contribution is 0.329. The first-order chi connectivity index (χ1) is 10.3. The van der Waals surface area contributed by atoms with Gasteiger partial charge in [-0.15, -0.1) is 22.9 Å². The number of likely N-dealkylation sites (tertiary alicyclic amines) is 1. The summed E-state index contributed by atoms with van der Waals surface area (Å²) in [6.07, 6.45) is 3.56. The molecule has 21 heavy (non-hydrogen) atoms. The number of alkyl halides is 1. The molecule has 1 atom stereocenters. The lowest BCUT2D eigenvalue weighted by atomic mass is 9.99.